The third-order valence-electron chi connectivity index (χ3n) is 6.17. The molecule has 0 unspecified atom stereocenters. The van der Waals surface area contributed by atoms with Crippen LogP contribution in [-0.4, -0.2) is 37.2 Å². The van der Waals surface area contributed by atoms with Gasteiger partial charge in [0.1, 0.15) is 28.0 Å². The molecule has 14 heteroatoms. The number of nitrogens with zero attached hydrogens (tertiary/aromatic N) is 1. The molecule has 0 spiro atoms. The van der Waals surface area contributed by atoms with E-state index in [1.807, 2.05) is 0 Å². The Labute approximate surface area is 235 Å². The Morgan fingerprint density at radius 1 is 0.929 bits per heavy atom. The van der Waals surface area contributed by atoms with Crippen molar-refractivity contribution < 1.29 is 40.4 Å². The van der Waals surface area contributed by atoms with Crippen molar-refractivity contribution in [1.29, 1.82) is 0 Å². The van der Waals surface area contributed by atoms with Gasteiger partial charge >= 0.3 is 0 Å². The number of anilines is 1. The number of hydrogen-bond acceptors (Lipinski definition) is 6. The smallest absolute Gasteiger partial charge is 0.274 e. The van der Waals surface area contributed by atoms with E-state index < -0.39 is 61.1 Å². The maximum Gasteiger partial charge on any atom is 0.274 e. The van der Waals surface area contributed by atoms with Crippen molar-refractivity contribution in [2.75, 3.05) is 11.8 Å². The molecule has 5 aromatic rings. The Morgan fingerprint density at radius 2 is 1.69 bits per heavy atom. The Balaban J connectivity index is 1.53. The number of hydroxylamine groups is 1. The Bertz CT molecular complexity index is 2000. The molecule has 1 amide bonds. The fraction of sp³-hybridized carbons (Fsp3) is 0.0357. The third-order valence-corrected chi connectivity index (χ3v) is 7.55. The highest BCUT2D eigenvalue weighted by atomic mass is 32.2. The molecule has 2 heterocycles. The zero-order valence-electron chi connectivity index (χ0n) is 21.3. The van der Waals surface area contributed by atoms with Gasteiger partial charge in [-0.05, 0) is 54.1 Å². The molecule has 0 fully saturated rings. The van der Waals surface area contributed by atoms with Crippen molar-refractivity contribution in [3.63, 3.8) is 0 Å². The average molecular weight is 599 g/mol. The number of hydrogen-bond donors (Lipinski definition) is 3. The predicted molar refractivity (Wildman–Crippen MR) is 143 cm³/mol. The van der Waals surface area contributed by atoms with Crippen LogP contribution in [0, 0.1) is 23.3 Å². The summed E-state index contributed by atoms with van der Waals surface area (Å²) in [6, 6.07) is 10.9. The van der Waals surface area contributed by atoms with Gasteiger partial charge in [0.05, 0.1) is 18.4 Å². The van der Waals surface area contributed by atoms with Crippen LogP contribution in [0.25, 0.3) is 22.2 Å². The summed E-state index contributed by atoms with van der Waals surface area (Å²) in [7, 11) is -3.59. The fourth-order valence-electron chi connectivity index (χ4n) is 4.20. The molecule has 0 aliphatic carbocycles. The number of sulfonamides is 1. The molecule has 2 aromatic heterocycles. The number of amides is 1. The number of pyridine rings is 1. The van der Waals surface area contributed by atoms with Gasteiger partial charge in [-0.1, -0.05) is 12.1 Å². The Morgan fingerprint density at radius 3 is 2.45 bits per heavy atom. The van der Waals surface area contributed by atoms with Crippen LogP contribution in [0.5, 0.6) is 0 Å². The van der Waals surface area contributed by atoms with Crippen molar-refractivity contribution in [3.05, 3.63) is 113 Å². The van der Waals surface area contributed by atoms with Crippen molar-refractivity contribution in [1.82, 2.24) is 15.4 Å². The van der Waals surface area contributed by atoms with Crippen LogP contribution >= 0.6 is 0 Å². The summed E-state index contributed by atoms with van der Waals surface area (Å²) in [6.45, 7) is 0. The summed E-state index contributed by atoms with van der Waals surface area (Å²) in [5.41, 5.74) is 1.50. The number of H-pyrrole nitrogens is 1. The summed E-state index contributed by atoms with van der Waals surface area (Å²) in [6.07, 6.45) is 2.65. The van der Waals surface area contributed by atoms with Gasteiger partial charge < -0.3 is 4.98 Å². The zero-order valence-corrected chi connectivity index (χ0v) is 22.2. The lowest BCUT2D eigenvalue weighted by Gasteiger charge is -2.12. The van der Waals surface area contributed by atoms with Gasteiger partial charge in [0.25, 0.3) is 15.9 Å². The van der Waals surface area contributed by atoms with Crippen LogP contribution in [0.3, 0.4) is 0 Å². The highest BCUT2D eigenvalue weighted by Crippen LogP contribution is 2.31. The number of ketones is 1. The maximum atomic E-state index is 15.5. The quantitative estimate of drug-likeness (QED) is 0.129. The van der Waals surface area contributed by atoms with Gasteiger partial charge in [0, 0.05) is 34.5 Å². The van der Waals surface area contributed by atoms with Gasteiger partial charge in [0.15, 0.2) is 5.82 Å². The van der Waals surface area contributed by atoms with Gasteiger partial charge in [0.2, 0.25) is 5.78 Å². The van der Waals surface area contributed by atoms with Crippen LogP contribution in [0.15, 0.2) is 78.0 Å². The first-order valence-corrected chi connectivity index (χ1v) is 13.4. The number of halogens is 4. The minimum Gasteiger partial charge on any atom is -0.345 e. The lowest BCUT2D eigenvalue weighted by molar-refractivity contribution is 0.0537. The topological polar surface area (TPSA) is 130 Å². The van der Waals surface area contributed by atoms with Crippen LogP contribution in [0.1, 0.15) is 26.3 Å². The number of aromatic amines is 1. The van der Waals surface area contributed by atoms with Crippen LogP contribution in [0.4, 0.5) is 23.2 Å². The van der Waals surface area contributed by atoms with Crippen LogP contribution < -0.4 is 10.2 Å². The van der Waals surface area contributed by atoms with Gasteiger partial charge in [-0.3, -0.25) is 19.1 Å². The molecule has 0 saturated carbocycles. The summed E-state index contributed by atoms with van der Waals surface area (Å²) in [5.74, 6) is -6.91. The summed E-state index contributed by atoms with van der Waals surface area (Å²) in [5, 5.41) is 0.177. The largest absolute Gasteiger partial charge is 0.345 e. The number of benzene rings is 3. The first kappa shape index (κ1) is 28.4. The molecule has 0 atom stereocenters. The number of carbonyl (C=O) groups excluding carboxylic acids is 2. The van der Waals surface area contributed by atoms with E-state index in [0.717, 1.165) is 0 Å². The minimum absolute atomic E-state index is 0.177. The van der Waals surface area contributed by atoms with E-state index in [2.05, 4.69) is 20.3 Å². The van der Waals surface area contributed by atoms with Crippen molar-refractivity contribution in [2.24, 2.45) is 0 Å². The lowest BCUT2D eigenvalue weighted by atomic mass is 9.99. The fourth-order valence-corrected chi connectivity index (χ4v) is 5.35. The SMILES string of the molecule is CONC(=O)c1cccc(-c2cnc3[nH]cc(C(=O)c4c(F)ccc(NS(=O)(=O)c5cc(F)ccc5F)c4F)c3c2)c1. The van der Waals surface area contributed by atoms with Gasteiger partial charge in [-0.2, -0.15) is 0 Å². The molecule has 3 N–H and O–H groups in total. The monoisotopic (exact) mass is 598 g/mol. The number of rotatable bonds is 8. The molecule has 0 aliphatic rings. The normalized spacial score (nSPS) is 11.5. The summed E-state index contributed by atoms with van der Waals surface area (Å²) < 4.78 is 85.1. The first-order chi connectivity index (χ1) is 20.0. The van der Waals surface area contributed by atoms with E-state index in [-0.39, 0.29) is 22.2 Å². The van der Waals surface area contributed by atoms with Gasteiger partial charge in [-0.15, -0.1) is 0 Å². The van der Waals surface area contributed by atoms with Crippen LogP contribution in [0.2, 0.25) is 0 Å². The van der Waals surface area contributed by atoms with E-state index >= 15 is 4.39 Å². The van der Waals surface area contributed by atoms with E-state index in [4.69, 9.17) is 0 Å². The zero-order chi connectivity index (χ0) is 30.2. The summed E-state index contributed by atoms with van der Waals surface area (Å²) >= 11 is 0. The average Bonchev–Trinajstić information content (AvgIpc) is 3.39. The molecule has 214 valence electrons. The van der Waals surface area contributed by atoms with Crippen molar-refractivity contribution in [3.8, 4) is 11.1 Å². The van der Waals surface area contributed by atoms with E-state index in [1.165, 1.54) is 25.6 Å². The van der Waals surface area contributed by atoms with E-state index in [1.54, 1.807) is 29.0 Å². The number of fused-ring (bicyclic) bond motifs is 1. The minimum atomic E-state index is -4.87. The van der Waals surface area contributed by atoms with E-state index in [0.29, 0.717) is 41.5 Å². The molecule has 0 bridgehead atoms. The predicted octanol–water partition coefficient (Wildman–Crippen LogP) is 5.11. The number of carbonyl (C=O) groups is 2. The molecule has 3 aromatic carbocycles. The van der Waals surface area contributed by atoms with Crippen molar-refractivity contribution in [2.45, 2.75) is 4.90 Å². The molecule has 0 radical (unpaired) electrons. The number of aromatic nitrogens is 2. The first-order valence-electron chi connectivity index (χ1n) is 11.9. The standard InChI is InChI=1S/C28H18F4N4O5S/c1-41-35-28(38)15-4-2-3-14(9-15)16-10-18-19(13-34-27(18)33-12-16)26(37)24-21(31)7-8-22(25(24)32)36-42(39,40)23-11-17(29)5-6-20(23)30/h2-13,36H,1H3,(H,33,34)(H,35,38). The highest BCUT2D eigenvalue weighted by Gasteiger charge is 2.28. The molecular formula is C28H18F4N4O5S. The highest BCUT2D eigenvalue weighted by molar-refractivity contribution is 7.92. The lowest BCUT2D eigenvalue weighted by Crippen LogP contribution is -2.21. The number of nitrogens with one attached hydrogen (secondary N) is 3. The van der Waals surface area contributed by atoms with Crippen molar-refractivity contribution >= 4 is 38.4 Å². The molecule has 5 rings (SSSR count). The second-order valence-corrected chi connectivity index (χ2v) is 10.5. The Hall–Kier alpha value is -5.08. The van der Waals surface area contributed by atoms with Gasteiger partial charge in [-0.25, -0.2) is 36.4 Å². The third kappa shape index (κ3) is 5.32. The summed E-state index contributed by atoms with van der Waals surface area (Å²) in [4.78, 5) is 36.1. The second kappa shape index (κ2) is 11.1. The maximum absolute atomic E-state index is 15.5. The molecule has 0 aliphatic heterocycles. The molecular weight excluding hydrogens is 580 g/mol. The second-order valence-electron chi connectivity index (χ2n) is 8.83. The molecule has 0 saturated heterocycles. The van der Waals surface area contributed by atoms with E-state index in [9.17, 15) is 31.2 Å². The van der Waals surface area contributed by atoms with Crippen LogP contribution in [-0.2, 0) is 14.9 Å². The molecule has 9 nitrogen and oxygen atoms in total. The molecule has 42 heavy (non-hydrogen) atoms. The Kier molecular flexibility index (Phi) is 7.49.